The summed E-state index contributed by atoms with van der Waals surface area (Å²) in [7, 11) is 4.11. The molecular weight excluding hydrogens is 486 g/mol. The SMILES string of the molecule is Cc1cc([C@H]2[C@H](c3ccccn3)NC(=S)N2c2ccc(N(C)C)cc2)c(C)n1-c1cccc2ccccc12. The fourth-order valence-electron chi connectivity index (χ4n) is 5.72. The molecule has 0 amide bonds. The van der Waals surface area contributed by atoms with Crippen LogP contribution in [0.15, 0.2) is 97.2 Å². The van der Waals surface area contributed by atoms with E-state index < -0.39 is 0 Å². The van der Waals surface area contributed by atoms with Crippen LogP contribution < -0.4 is 15.1 Å². The number of thiocarbonyl (C=S) groups is 1. The summed E-state index contributed by atoms with van der Waals surface area (Å²) in [6.45, 7) is 4.40. The zero-order valence-electron chi connectivity index (χ0n) is 22.1. The van der Waals surface area contributed by atoms with Gasteiger partial charge in [-0.2, -0.15) is 0 Å². The molecule has 0 spiro atoms. The molecule has 6 heteroatoms. The van der Waals surface area contributed by atoms with Gasteiger partial charge in [-0.15, -0.1) is 0 Å². The van der Waals surface area contributed by atoms with Crippen LogP contribution in [0, 0.1) is 13.8 Å². The number of pyridine rings is 1. The van der Waals surface area contributed by atoms with Crippen molar-refractivity contribution < 1.29 is 0 Å². The van der Waals surface area contributed by atoms with Crippen molar-refractivity contribution in [1.29, 1.82) is 0 Å². The zero-order valence-corrected chi connectivity index (χ0v) is 22.9. The second-order valence-corrected chi connectivity index (χ2v) is 10.5. The third-order valence-corrected chi connectivity index (χ3v) is 7.85. The van der Waals surface area contributed by atoms with E-state index in [0.717, 1.165) is 17.1 Å². The van der Waals surface area contributed by atoms with Gasteiger partial charge in [-0.1, -0.05) is 42.5 Å². The highest BCUT2D eigenvalue weighted by molar-refractivity contribution is 7.80. The van der Waals surface area contributed by atoms with Crippen LogP contribution in [0.2, 0.25) is 0 Å². The molecule has 0 bridgehead atoms. The summed E-state index contributed by atoms with van der Waals surface area (Å²) in [6, 6.07) is 31.9. The summed E-state index contributed by atoms with van der Waals surface area (Å²) in [5.41, 5.74) is 8.00. The third-order valence-electron chi connectivity index (χ3n) is 7.54. The van der Waals surface area contributed by atoms with E-state index in [4.69, 9.17) is 17.2 Å². The van der Waals surface area contributed by atoms with Crippen LogP contribution >= 0.6 is 12.2 Å². The molecule has 0 saturated carbocycles. The van der Waals surface area contributed by atoms with Gasteiger partial charge in [-0.25, -0.2) is 0 Å². The van der Waals surface area contributed by atoms with E-state index in [0.29, 0.717) is 5.11 Å². The Kier molecular flexibility index (Phi) is 6.12. The quantitative estimate of drug-likeness (QED) is 0.257. The number of aromatic nitrogens is 2. The molecule has 6 rings (SSSR count). The van der Waals surface area contributed by atoms with Gasteiger partial charge in [0.25, 0.3) is 0 Å². The number of aryl methyl sites for hydroxylation is 1. The molecule has 3 aromatic carbocycles. The van der Waals surface area contributed by atoms with Gasteiger partial charge < -0.3 is 19.7 Å². The van der Waals surface area contributed by atoms with Gasteiger partial charge in [0.05, 0.1) is 23.5 Å². The highest BCUT2D eigenvalue weighted by atomic mass is 32.1. The lowest BCUT2D eigenvalue weighted by Crippen LogP contribution is -2.29. The Morgan fingerprint density at radius 3 is 2.34 bits per heavy atom. The molecule has 0 unspecified atom stereocenters. The van der Waals surface area contributed by atoms with E-state index >= 15 is 0 Å². The minimum absolute atomic E-state index is 0.0578. The molecule has 0 radical (unpaired) electrons. The van der Waals surface area contributed by atoms with Crippen LogP contribution in [0.4, 0.5) is 11.4 Å². The van der Waals surface area contributed by atoms with Crippen molar-refractivity contribution in [2.75, 3.05) is 23.9 Å². The lowest BCUT2D eigenvalue weighted by molar-refractivity contribution is 0.565. The second kappa shape index (κ2) is 9.62. The van der Waals surface area contributed by atoms with E-state index in [1.807, 2.05) is 18.3 Å². The van der Waals surface area contributed by atoms with Gasteiger partial charge in [0.15, 0.2) is 5.11 Å². The van der Waals surface area contributed by atoms with Crippen LogP contribution in [0.3, 0.4) is 0 Å². The molecule has 1 aliphatic heterocycles. The minimum atomic E-state index is -0.0845. The molecule has 3 heterocycles. The fraction of sp³-hybridized carbons (Fsp3) is 0.188. The van der Waals surface area contributed by atoms with Crippen molar-refractivity contribution in [3.8, 4) is 5.69 Å². The first-order chi connectivity index (χ1) is 18.4. The van der Waals surface area contributed by atoms with E-state index in [1.54, 1.807) is 0 Å². The van der Waals surface area contributed by atoms with E-state index in [1.165, 1.54) is 33.4 Å². The molecule has 5 aromatic rings. The molecule has 38 heavy (non-hydrogen) atoms. The Balaban J connectivity index is 1.52. The smallest absolute Gasteiger partial charge is 0.174 e. The minimum Gasteiger partial charge on any atom is -0.378 e. The summed E-state index contributed by atoms with van der Waals surface area (Å²) in [6.07, 6.45) is 1.85. The first kappa shape index (κ1) is 24.2. The zero-order chi connectivity index (χ0) is 26.4. The van der Waals surface area contributed by atoms with E-state index in [2.05, 4.69) is 126 Å². The largest absolute Gasteiger partial charge is 0.378 e. The molecule has 190 valence electrons. The van der Waals surface area contributed by atoms with Gasteiger partial charge in [0.1, 0.15) is 0 Å². The summed E-state index contributed by atoms with van der Waals surface area (Å²) in [5, 5.41) is 6.78. The first-order valence-corrected chi connectivity index (χ1v) is 13.3. The van der Waals surface area contributed by atoms with E-state index in [-0.39, 0.29) is 12.1 Å². The molecule has 1 N–H and O–H groups in total. The van der Waals surface area contributed by atoms with Crippen LogP contribution in [-0.4, -0.2) is 28.8 Å². The monoisotopic (exact) mass is 517 g/mol. The second-order valence-electron chi connectivity index (χ2n) is 10.1. The molecule has 1 saturated heterocycles. The van der Waals surface area contributed by atoms with Crippen LogP contribution in [0.1, 0.15) is 34.7 Å². The van der Waals surface area contributed by atoms with Gasteiger partial charge in [0.2, 0.25) is 0 Å². The van der Waals surface area contributed by atoms with Gasteiger partial charge in [-0.3, -0.25) is 4.98 Å². The first-order valence-electron chi connectivity index (χ1n) is 12.9. The number of benzene rings is 3. The van der Waals surface area contributed by atoms with Crippen molar-refractivity contribution in [3.63, 3.8) is 0 Å². The Labute approximate surface area is 229 Å². The van der Waals surface area contributed by atoms with Crippen LogP contribution in [0.5, 0.6) is 0 Å². The standard InChI is InChI=1S/C32H31N5S/c1-21-20-27(22(2)36(21)29-14-9-11-23-10-5-6-12-26(23)29)31-30(28-13-7-8-19-33-28)34-32(38)37(31)25-17-15-24(16-18-25)35(3)4/h5-20,30-31H,1-4H3,(H,34,38)/t30-,31-/m0/s1. The normalized spacial score (nSPS) is 17.2. The van der Waals surface area contributed by atoms with Crippen molar-refractivity contribution in [2.45, 2.75) is 25.9 Å². The number of anilines is 2. The topological polar surface area (TPSA) is 36.3 Å². The predicted octanol–water partition coefficient (Wildman–Crippen LogP) is 6.89. The Morgan fingerprint density at radius 2 is 1.61 bits per heavy atom. The van der Waals surface area contributed by atoms with E-state index in [9.17, 15) is 0 Å². The number of hydrogen-bond acceptors (Lipinski definition) is 3. The maximum absolute atomic E-state index is 5.97. The molecule has 0 aliphatic carbocycles. The Hall–Kier alpha value is -4.16. The predicted molar refractivity (Wildman–Crippen MR) is 161 cm³/mol. The molecule has 5 nitrogen and oxygen atoms in total. The highest BCUT2D eigenvalue weighted by Gasteiger charge is 2.42. The Morgan fingerprint density at radius 1 is 0.868 bits per heavy atom. The summed E-state index contributed by atoms with van der Waals surface area (Å²) >= 11 is 5.97. The molecular formula is C32H31N5S. The highest BCUT2D eigenvalue weighted by Crippen LogP contribution is 2.44. The van der Waals surface area contributed by atoms with Crippen molar-refractivity contribution in [3.05, 3.63) is 120 Å². The van der Waals surface area contributed by atoms with Gasteiger partial charge in [-0.05, 0) is 85.5 Å². The number of fused-ring (bicyclic) bond motifs is 1. The maximum Gasteiger partial charge on any atom is 0.174 e. The Bertz CT molecular complexity index is 1620. The molecule has 2 aromatic heterocycles. The third kappa shape index (κ3) is 4.02. The average Bonchev–Trinajstić information content (AvgIpc) is 3.43. The lowest BCUT2D eigenvalue weighted by Gasteiger charge is -2.28. The lowest BCUT2D eigenvalue weighted by atomic mass is 9.96. The number of nitrogens with one attached hydrogen (secondary N) is 1. The number of rotatable bonds is 5. The summed E-state index contributed by atoms with van der Waals surface area (Å²) in [5.74, 6) is 0. The number of nitrogens with zero attached hydrogens (tertiary/aromatic N) is 4. The van der Waals surface area contributed by atoms with Gasteiger partial charge >= 0.3 is 0 Å². The summed E-state index contributed by atoms with van der Waals surface area (Å²) in [4.78, 5) is 9.09. The molecule has 2 atom stereocenters. The van der Waals surface area contributed by atoms with Crippen molar-refractivity contribution in [1.82, 2.24) is 14.9 Å². The molecule has 1 fully saturated rings. The van der Waals surface area contributed by atoms with Crippen LogP contribution in [-0.2, 0) is 0 Å². The fourth-order valence-corrected chi connectivity index (χ4v) is 6.07. The number of hydrogen-bond donors (Lipinski definition) is 1. The van der Waals surface area contributed by atoms with Crippen molar-refractivity contribution in [2.24, 2.45) is 0 Å². The van der Waals surface area contributed by atoms with Crippen LogP contribution in [0.25, 0.3) is 16.5 Å². The average molecular weight is 518 g/mol. The van der Waals surface area contributed by atoms with Crippen molar-refractivity contribution >= 4 is 39.5 Å². The maximum atomic E-state index is 5.97. The molecule has 1 aliphatic rings. The summed E-state index contributed by atoms with van der Waals surface area (Å²) < 4.78 is 2.38. The van der Waals surface area contributed by atoms with Gasteiger partial charge in [0, 0.05) is 48.4 Å².